The summed E-state index contributed by atoms with van der Waals surface area (Å²) < 4.78 is 27.1. The zero-order chi connectivity index (χ0) is 57.9. The first-order valence-corrected chi connectivity index (χ1v) is 29.4. The zero-order valence-electron chi connectivity index (χ0n) is 47.6. The van der Waals surface area contributed by atoms with Gasteiger partial charge in [0.1, 0.15) is 29.3 Å². The molecule has 83 heavy (non-hydrogen) atoms. The van der Waals surface area contributed by atoms with E-state index in [9.17, 15) is 24.2 Å². The average molecular weight is 1160 g/mol. The molecule has 5 aromatic heterocycles. The highest BCUT2D eigenvalue weighted by Crippen LogP contribution is 2.33. The maximum Gasteiger partial charge on any atom is 0.243 e. The highest BCUT2D eigenvalue weighted by molar-refractivity contribution is 7.13. The number of halogens is 1. The zero-order valence-corrected chi connectivity index (χ0v) is 48.4. The molecule has 2 aromatic carbocycles. The Kier molecular flexibility index (Phi) is 19.4. The van der Waals surface area contributed by atoms with Crippen LogP contribution in [0, 0.1) is 24.1 Å². The van der Waals surface area contributed by atoms with Crippen LogP contribution in [0.15, 0.2) is 90.8 Å². The van der Waals surface area contributed by atoms with Crippen molar-refractivity contribution >= 4 is 68.8 Å². The van der Waals surface area contributed by atoms with Crippen molar-refractivity contribution in [3.63, 3.8) is 0 Å². The summed E-state index contributed by atoms with van der Waals surface area (Å²) >= 11 is 1.59. The van der Waals surface area contributed by atoms with Gasteiger partial charge < -0.3 is 55.7 Å². The molecule has 6 N–H and O–H groups in total. The minimum absolute atomic E-state index is 0.0944. The summed E-state index contributed by atoms with van der Waals surface area (Å²) in [5.41, 5.74) is 7.62. The van der Waals surface area contributed by atoms with Gasteiger partial charge in [-0.1, -0.05) is 50.3 Å². The Balaban J connectivity index is 0.615. The lowest BCUT2D eigenvalue weighted by molar-refractivity contribution is -0.142. The molecule has 2 amide bonds. The Morgan fingerprint density at radius 3 is 2.33 bits per heavy atom. The highest BCUT2D eigenvalue weighted by Gasteiger charge is 2.44. The van der Waals surface area contributed by atoms with Crippen molar-refractivity contribution in [1.82, 2.24) is 60.3 Å². The molecule has 8 heterocycles. The number of fused-ring (bicyclic) bond motifs is 1. The van der Waals surface area contributed by atoms with Crippen LogP contribution in [0.25, 0.3) is 21.3 Å². The molecule has 0 bridgehead atoms. The van der Waals surface area contributed by atoms with Crippen molar-refractivity contribution in [2.45, 2.75) is 84.8 Å². The lowest BCUT2D eigenvalue weighted by atomic mass is 9.85. The first-order chi connectivity index (χ1) is 40.2. The van der Waals surface area contributed by atoms with E-state index in [0.717, 1.165) is 96.4 Å². The molecule has 3 aliphatic rings. The third-order valence-corrected chi connectivity index (χ3v) is 16.4. The molecule has 440 valence electrons. The number of nitrogens with one attached hydrogen (secondary N) is 4. The van der Waals surface area contributed by atoms with Gasteiger partial charge in [0.2, 0.25) is 17.8 Å². The molecular formula is C59H75FN16O6S. The number of hydrogen-bond donors (Lipinski definition) is 6. The van der Waals surface area contributed by atoms with Crippen LogP contribution >= 0.6 is 11.3 Å². The quantitative estimate of drug-likeness (QED) is 0.0385. The predicted octanol–water partition coefficient (Wildman–Crippen LogP) is 5.92. The number of rotatable bonds is 24. The Morgan fingerprint density at radius 1 is 0.855 bits per heavy atom. The van der Waals surface area contributed by atoms with Gasteiger partial charge in [0, 0.05) is 95.7 Å². The number of amides is 2. The van der Waals surface area contributed by atoms with E-state index < -0.39 is 23.6 Å². The smallest absolute Gasteiger partial charge is 0.243 e. The highest BCUT2D eigenvalue weighted by atomic mass is 32.1. The lowest BCUT2D eigenvalue weighted by Gasteiger charge is -2.35. The lowest BCUT2D eigenvalue weighted by Crippen LogP contribution is -2.57. The summed E-state index contributed by atoms with van der Waals surface area (Å²) in [5.74, 6) is 1.85. The first kappa shape index (κ1) is 58.9. The average Bonchev–Trinajstić information content (AvgIpc) is 4.34. The van der Waals surface area contributed by atoms with E-state index in [1.165, 1.54) is 17.0 Å². The first-order valence-electron chi connectivity index (χ1n) is 28.5. The summed E-state index contributed by atoms with van der Waals surface area (Å²) in [6, 6.07) is 18.7. The number of pyridine rings is 2. The minimum Gasteiger partial charge on any atom is -0.396 e. The van der Waals surface area contributed by atoms with Crippen LogP contribution < -0.4 is 31.1 Å². The monoisotopic (exact) mass is 1150 g/mol. The van der Waals surface area contributed by atoms with E-state index >= 15 is 0 Å². The number of piperazine rings is 1. The third-order valence-electron chi connectivity index (χ3n) is 15.4. The number of carbonyl (C=O) groups excluding carboxylic acids is 2. The summed E-state index contributed by atoms with van der Waals surface area (Å²) in [6.45, 7) is 16.6. The Morgan fingerprint density at radius 2 is 1.61 bits per heavy atom. The number of carbonyl (C=O) groups is 2. The van der Waals surface area contributed by atoms with Crippen LogP contribution in [0.5, 0.6) is 0 Å². The largest absolute Gasteiger partial charge is 0.396 e. The van der Waals surface area contributed by atoms with Gasteiger partial charge in [-0.3, -0.25) is 14.5 Å². The number of aryl methyl sites for hydroxylation is 1. The Bertz CT molecular complexity index is 3240. The van der Waals surface area contributed by atoms with E-state index in [-0.39, 0.29) is 43.1 Å². The van der Waals surface area contributed by atoms with Crippen LogP contribution in [0.3, 0.4) is 0 Å². The maximum atomic E-state index is 14.0. The number of piperidine rings is 1. The van der Waals surface area contributed by atoms with E-state index in [1.54, 1.807) is 34.3 Å². The number of anilines is 6. The molecule has 0 radical (unpaired) electrons. The van der Waals surface area contributed by atoms with Crippen LogP contribution in [-0.2, 0) is 38.7 Å². The predicted molar refractivity (Wildman–Crippen MR) is 317 cm³/mol. The van der Waals surface area contributed by atoms with Gasteiger partial charge in [-0.15, -0.1) is 16.4 Å². The molecule has 3 aliphatic heterocycles. The third kappa shape index (κ3) is 15.5. The number of likely N-dealkylation sites (tertiary alicyclic amines) is 1. The molecule has 24 heteroatoms. The summed E-state index contributed by atoms with van der Waals surface area (Å²) in [7, 11) is 0. The van der Waals surface area contributed by atoms with Crippen LogP contribution in [0.2, 0.25) is 0 Å². The fraction of sp³-hybridized carbons (Fsp3) is 0.475. The molecule has 0 spiro atoms. The fourth-order valence-corrected chi connectivity index (χ4v) is 11.5. The molecule has 3 fully saturated rings. The number of benzene rings is 2. The normalized spacial score (nSPS) is 17.6. The molecular weight excluding hydrogens is 1080 g/mol. The van der Waals surface area contributed by atoms with Gasteiger partial charge in [0.15, 0.2) is 0 Å². The summed E-state index contributed by atoms with van der Waals surface area (Å²) in [4.78, 5) is 60.5. The number of hydrogen-bond acceptors (Lipinski definition) is 20. The number of β-amino-alcohol motifs (C(OH)–C–C–N with tert-alkyl or cyclic N) is 1. The van der Waals surface area contributed by atoms with Gasteiger partial charge in [-0.05, 0) is 84.7 Å². The minimum atomic E-state index is -0.789. The van der Waals surface area contributed by atoms with Crippen molar-refractivity contribution in [3.8, 4) is 10.4 Å². The molecule has 22 nitrogen and oxygen atoms in total. The van der Waals surface area contributed by atoms with E-state index in [1.807, 2.05) is 82.0 Å². The van der Waals surface area contributed by atoms with Crippen molar-refractivity contribution in [2.75, 3.05) is 106 Å². The van der Waals surface area contributed by atoms with E-state index in [2.05, 4.69) is 62.3 Å². The van der Waals surface area contributed by atoms with Gasteiger partial charge in [-0.25, -0.2) is 29.0 Å². The number of aliphatic hydroxyl groups is 2. The summed E-state index contributed by atoms with van der Waals surface area (Å²) in [6.07, 6.45) is 6.67. The van der Waals surface area contributed by atoms with Crippen LogP contribution in [0.1, 0.15) is 57.0 Å². The van der Waals surface area contributed by atoms with Gasteiger partial charge in [0.25, 0.3) is 0 Å². The van der Waals surface area contributed by atoms with Crippen LogP contribution in [0.4, 0.5) is 39.2 Å². The number of aromatic nitrogens is 8. The SMILES string of the molecule is Cc1ncsc1-c1ccc(CNC(=O)[C@@H]2C[C@@H](O)CN2C(=O)[C@@H](NCCOCCOCCn2cc(CN3CCN(c4ccc(Nc5cc6c(N7CCC(CO)CC7)nc(Nc7ccc(F)cc7)nc6cn5)nc4)CC3)nn2)C(C)(C)C)cc1. The topological polar surface area (TPSA) is 249 Å². The Hall–Kier alpha value is -7.32. The number of ether oxygens (including phenoxy) is 2. The van der Waals surface area contributed by atoms with Crippen LogP contribution in [-0.4, -0.2) is 175 Å². The van der Waals surface area contributed by atoms with Crippen molar-refractivity contribution in [1.29, 1.82) is 0 Å². The van der Waals surface area contributed by atoms with Crippen molar-refractivity contribution < 1.29 is 33.7 Å². The molecule has 0 aliphatic carbocycles. The molecule has 0 unspecified atom stereocenters. The molecule has 3 saturated heterocycles. The van der Waals surface area contributed by atoms with E-state index in [0.29, 0.717) is 81.4 Å². The fourth-order valence-electron chi connectivity index (χ4n) is 10.7. The van der Waals surface area contributed by atoms with Crippen molar-refractivity contribution in [2.24, 2.45) is 11.3 Å². The molecule has 0 saturated carbocycles. The molecule has 3 atom stereocenters. The molecule has 7 aromatic rings. The van der Waals surface area contributed by atoms with E-state index in [4.69, 9.17) is 24.4 Å². The number of aliphatic hydroxyl groups excluding tert-OH is 2. The Labute approximate surface area is 486 Å². The second kappa shape index (κ2) is 27.4. The van der Waals surface area contributed by atoms with Crippen molar-refractivity contribution in [3.05, 3.63) is 114 Å². The van der Waals surface area contributed by atoms with Gasteiger partial charge >= 0.3 is 0 Å². The maximum absolute atomic E-state index is 14.0. The standard InChI is InChI=1S/C59H75FN16O6S/c1-39-53(83-38-65-39)42-7-5-40(6-8-42)31-64-56(79)50-29-47(78)36-76(50)57(80)54(59(2,3)4)61-17-25-81-27-28-82-26-24-75-35-45(70-71-75)34-72-20-22-73(23-21-72)46-13-14-51(62-32-46)68-52-30-48-49(33-63-52)67-58(66-44-11-9-43(60)10-12-44)69-55(48)74-18-15-41(37-77)16-19-74/h5-14,30,32-33,35,38,41,47,50,54,61,77-78H,15-29,31,34,36-37H2,1-4H3,(H,64,79)(H,62,63,68)(H,66,67,69)/t47-,50+,54-/m1/s1. The second-order valence-electron chi connectivity index (χ2n) is 22.5. The number of nitrogens with zero attached hydrogens (tertiary/aromatic N) is 12. The number of thiazole rings is 1. The molecule has 10 rings (SSSR count). The van der Waals surface area contributed by atoms with Gasteiger partial charge in [0.05, 0.1) is 90.5 Å². The second-order valence-corrected chi connectivity index (χ2v) is 23.4. The summed E-state index contributed by atoms with van der Waals surface area (Å²) in [5, 5.41) is 42.9. The van der Waals surface area contributed by atoms with Gasteiger partial charge in [-0.2, -0.15) is 4.98 Å².